The van der Waals surface area contributed by atoms with Crippen LogP contribution in [0.3, 0.4) is 0 Å². The number of halogens is 4. The van der Waals surface area contributed by atoms with Gasteiger partial charge in [0.05, 0.1) is 10.7 Å². The van der Waals surface area contributed by atoms with Crippen LogP contribution in [-0.2, 0) is 0 Å². The fourth-order valence-corrected chi connectivity index (χ4v) is 3.01. The Labute approximate surface area is 138 Å². The van der Waals surface area contributed by atoms with Gasteiger partial charge in [-0.2, -0.15) is 0 Å². The second-order valence-electron chi connectivity index (χ2n) is 4.16. The lowest BCUT2D eigenvalue weighted by atomic mass is 10.1. The molecular weight excluding hydrogens is 443 g/mol. The molecule has 1 unspecified atom stereocenters. The van der Waals surface area contributed by atoms with E-state index in [1.54, 1.807) is 0 Å². The van der Waals surface area contributed by atoms with Crippen molar-refractivity contribution in [2.75, 3.05) is 5.32 Å². The Kier molecular flexibility index (Phi) is 5.09. The number of hydrogen-bond donors (Lipinski definition) is 1. The summed E-state index contributed by atoms with van der Waals surface area (Å²) in [6, 6.07) is 11.0. The molecule has 1 nitrogen and oxygen atoms in total. The van der Waals surface area contributed by atoms with Crippen LogP contribution in [0.1, 0.15) is 18.5 Å². The van der Waals surface area contributed by atoms with Gasteiger partial charge in [0, 0.05) is 14.1 Å². The Morgan fingerprint density at radius 1 is 1.26 bits per heavy atom. The van der Waals surface area contributed by atoms with E-state index in [0.29, 0.717) is 15.2 Å². The predicted octanol–water partition coefficient (Wildman–Crippen LogP) is 6.02. The van der Waals surface area contributed by atoms with Crippen LogP contribution in [0.15, 0.2) is 40.9 Å². The average Bonchev–Trinajstić information content (AvgIpc) is 2.34. The molecule has 1 atom stereocenters. The molecular formula is C14H11BrClFIN. The molecule has 0 aliphatic heterocycles. The highest BCUT2D eigenvalue weighted by molar-refractivity contribution is 14.1. The summed E-state index contributed by atoms with van der Waals surface area (Å²) in [5.74, 6) is -0.357. The summed E-state index contributed by atoms with van der Waals surface area (Å²) in [6.45, 7) is 2.04. The standard InChI is InChI=1S/C14H11BrClFIN/c1-8(9-2-4-11(18)5-3-9)19-14-12(15)6-10(17)7-13(14)16/h2-8,19H,1H3. The fourth-order valence-electron chi connectivity index (χ4n) is 1.73. The van der Waals surface area contributed by atoms with E-state index in [9.17, 15) is 4.39 Å². The van der Waals surface area contributed by atoms with Gasteiger partial charge >= 0.3 is 0 Å². The van der Waals surface area contributed by atoms with Gasteiger partial charge in [0.15, 0.2) is 0 Å². The maximum Gasteiger partial charge on any atom is 0.125 e. The van der Waals surface area contributed by atoms with Crippen molar-refractivity contribution in [2.45, 2.75) is 13.0 Å². The first-order valence-electron chi connectivity index (χ1n) is 5.64. The zero-order chi connectivity index (χ0) is 14.0. The van der Waals surface area contributed by atoms with Gasteiger partial charge in [-0.3, -0.25) is 0 Å². The topological polar surface area (TPSA) is 12.0 Å². The highest BCUT2D eigenvalue weighted by Gasteiger charge is 2.12. The van der Waals surface area contributed by atoms with Crippen LogP contribution in [0.4, 0.5) is 10.1 Å². The first-order chi connectivity index (χ1) is 8.97. The van der Waals surface area contributed by atoms with E-state index in [-0.39, 0.29) is 11.9 Å². The van der Waals surface area contributed by atoms with Gasteiger partial charge in [0.2, 0.25) is 0 Å². The normalized spacial score (nSPS) is 12.3. The van der Waals surface area contributed by atoms with E-state index in [1.807, 2.05) is 6.92 Å². The zero-order valence-electron chi connectivity index (χ0n) is 10.1. The second-order valence-corrected chi connectivity index (χ2v) is 6.67. The van der Waals surface area contributed by atoms with E-state index in [1.165, 1.54) is 15.7 Å². The molecule has 100 valence electrons. The first kappa shape index (κ1) is 15.1. The lowest BCUT2D eigenvalue weighted by Crippen LogP contribution is -2.07. The molecule has 1 N–H and O–H groups in total. The van der Waals surface area contributed by atoms with Crippen molar-refractivity contribution in [1.29, 1.82) is 0 Å². The van der Waals surface area contributed by atoms with Crippen LogP contribution in [-0.4, -0.2) is 0 Å². The summed E-state index contributed by atoms with van der Waals surface area (Å²) >= 11 is 11.6. The van der Waals surface area contributed by atoms with Gasteiger partial charge in [0.25, 0.3) is 0 Å². The lowest BCUT2D eigenvalue weighted by molar-refractivity contribution is 0.627. The summed E-state index contributed by atoms with van der Waals surface area (Å²) in [4.78, 5) is 0. The molecule has 0 saturated heterocycles. The van der Waals surface area contributed by atoms with Crippen molar-refractivity contribution in [2.24, 2.45) is 0 Å². The third kappa shape index (κ3) is 3.83. The minimum atomic E-state index is -0.357. The fraction of sp³-hybridized carbons (Fsp3) is 0.143. The van der Waals surface area contributed by atoms with Crippen LogP contribution in [0.25, 0.3) is 0 Å². The van der Waals surface area contributed by atoms with E-state index in [4.69, 9.17) is 11.6 Å². The molecule has 19 heavy (non-hydrogen) atoms. The Hall–Kier alpha value is -0.330. The minimum Gasteiger partial charge on any atom is -0.376 e. The van der Waals surface area contributed by atoms with Crippen molar-refractivity contribution >= 4 is 55.8 Å². The van der Waals surface area contributed by atoms with E-state index in [2.05, 4.69) is 68.1 Å². The molecule has 0 fully saturated rings. The van der Waals surface area contributed by atoms with E-state index in [0.717, 1.165) is 5.56 Å². The van der Waals surface area contributed by atoms with Crippen LogP contribution in [0.2, 0.25) is 5.02 Å². The Bertz CT molecular complexity index is 565. The molecule has 0 aliphatic carbocycles. The van der Waals surface area contributed by atoms with Crippen LogP contribution < -0.4 is 5.32 Å². The summed E-state index contributed by atoms with van der Waals surface area (Å²) in [6.07, 6.45) is 0. The number of rotatable bonds is 3. The van der Waals surface area contributed by atoms with Gasteiger partial charge in [-0.25, -0.2) is 4.39 Å². The van der Waals surface area contributed by atoms with Crippen molar-refractivity contribution in [1.82, 2.24) is 0 Å². The van der Waals surface area contributed by atoms with Gasteiger partial charge in [-0.05, 0) is 75.3 Å². The molecule has 2 aromatic carbocycles. The quantitative estimate of drug-likeness (QED) is 0.560. The maximum atomic E-state index is 13.2. The van der Waals surface area contributed by atoms with Crippen LogP contribution >= 0.6 is 50.1 Å². The van der Waals surface area contributed by atoms with Crippen molar-refractivity contribution in [3.8, 4) is 0 Å². The molecule has 5 heteroatoms. The highest BCUT2D eigenvalue weighted by Crippen LogP contribution is 2.34. The summed E-state index contributed by atoms with van der Waals surface area (Å²) in [5.41, 5.74) is 1.85. The Morgan fingerprint density at radius 2 is 1.89 bits per heavy atom. The maximum absolute atomic E-state index is 13.2. The number of anilines is 1. The van der Waals surface area contributed by atoms with E-state index >= 15 is 0 Å². The molecule has 0 bridgehead atoms. The smallest absolute Gasteiger partial charge is 0.125 e. The first-order valence-corrected chi connectivity index (χ1v) is 7.89. The van der Waals surface area contributed by atoms with Gasteiger partial charge < -0.3 is 5.32 Å². The zero-order valence-corrected chi connectivity index (χ0v) is 14.6. The second kappa shape index (κ2) is 6.41. The summed E-state index contributed by atoms with van der Waals surface area (Å²) in [7, 11) is 0. The third-order valence-electron chi connectivity index (χ3n) is 2.74. The molecule has 2 rings (SSSR count). The molecule has 0 aliphatic rings. The summed E-state index contributed by atoms with van der Waals surface area (Å²) < 4.78 is 15.0. The Balaban J connectivity index is 2.24. The van der Waals surface area contributed by atoms with Crippen LogP contribution in [0, 0.1) is 9.39 Å². The average molecular weight is 455 g/mol. The van der Waals surface area contributed by atoms with Gasteiger partial charge in [-0.1, -0.05) is 23.7 Å². The molecule has 0 saturated carbocycles. The van der Waals surface area contributed by atoms with Crippen molar-refractivity contribution in [3.05, 3.63) is 60.8 Å². The third-order valence-corrected chi connectivity index (χ3v) is 4.38. The largest absolute Gasteiger partial charge is 0.376 e. The molecule has 0 amide bonds. The molecule has 0 radical (unpaired) electrons. The number of hydrogen-bond acceptors (Lipinski definition) is 1. The van der Waals surface area contributed by atoms with Gasteiger partial charge in [0.1, 0.15) is 5.82 Å². The lowest BCUT2D eigenvalue weighted by Gasteiger charge is -2.18. The number of nitrogens with one attached hydrogen (secondary N) is 1. The SMILES string of the molecule is CC(Nc1c(Cl)cc(F)cc1Br)c1ccc(I)cc1. The molecule has 2 aromatic rings. The van der Waals surface area contributed by atoms with E-state index < -0.39 is 0 Å². The molecule has 0 spiro atoms. The summed E-state index contributed by atoms with van der Waals surface area (Å²) in [5, 5.41) is 3.66. The predicted molar refractivity (Wildman–Crippen MR) is 90.3 cm³/mol. The van der Waals surface area contributed by atoms with Crippen molar-refractivity contribution < 1.29 is 4.39 Å². The van der Waals surface area contributed by atoms with Crippen LogP contribution in [0.5, 0.6) is 0 Å². The Morgan fingerprint density at radius 3 is 2.47 bits per heavy atom. The number of benzene rings is 2. The van der Waals surface area contributed by atoms with Crippen molar-refractivity contribution in [3.63, 3.8) is 0 Å². The highest BCUT2D eigenvalue weighted by atomic mass is 127. The minimum absolute atomic E-state index is 0.0799. The monoisotopic (exact) mass is 453 g/mol. The molecule has 0 aromatic heterocycles. The van der Waals surface area contributed by atoms with Gasteiger partial charge in [-0.15, -0.1) is 0 Å². The molecule has 0 heterocycles.